The van der Waals surface area contributed by atoms with Crippen molar-refractivity contribution in [2.75, 3.05) is 12.4 Å². The third kappa shape index (κ3) is 3.72. The molecule has 1 amide bonds. The average molecular weight is 303 g/mol. The van der Waals surface area contributed by atoms with Crippen LogP contribution in [-0.4, -0.2) is 28.8 Å². The van der Waals surface area contributed by atoms with Gasteiger partial charge in [-0.3, -0.25) is 9.48 Å². The SMILES string of the molecule is CC.COC(=O)c1ccccc1NC(=O)c1c(C)cnn1C. The van der Waals surface area contributed by atoms with Crippen molar-refractivity contribution in [1.29, 1.82) is 0 Å². The van der Waals surface area contributed by atoms with Gasteiger partial charge < -0.3 is 10.1 Å². The molecule has 0 aliphatic heterocycles. The minimum Gasteiger partial charge on any atom is -0.465 e. The first-order valence-electron chi connectivity index (χ1n) is 7.02. The Morgan fingerprint density at radius 1 is 1.23 bits per heavy atom. The molecule has 22 heavy (non-hydrogen) atoms. The minimum absolute atomic E-state index is 0.308. The maximum absolute atomic E-state index is 12.3. The third-order valence-electron chi connectivity index (χ3n) is 2.92. The zero-order chi connectivity index (χ0) is 16.7. The van der Waals surface area contributed by atoms with Gasteiger partial charge in [-0.15, -0.1) is 0 Å². The first-order valence-corrected chi connectivity index (χ1v) is 7.02. The Morgan fingerprint density at radius 2 is 1.86 bits per heavy atom. The van der Waals surface area contributed by atoms with Gasteiger partial charge in [0.25, 0.3) is 5.91 Å². The molecule has 0 fully saturated rings. The van der Waals surface area contributed by atoms with Gasteiger partial charge in [-0.05, 0) is 24.6 Å². The van der Waals surface area contributed by atoms with Crippen molar-refractivity contribution in [3.8, 4) is 0 Å². The lowest BCUT2D eigenvalue weighted by Gasteiger charge is -2.10. The van der Waals surface area contributed by atoms with Crippen LogP contribution in [0.15, 0.2) is 30.5 Å². The van der Waals surface area contributed by atoms with Crippen LogP contribution in [0.1, 0.15) is 40.3 Å². The van der Waals surface area contributed by atoms with E-state index in [2.05, 4.69) is 15.2 Å². The summed E-state index contributed by atoms with van der Waals surface area (Å²) in [7, 11) is 2.99. The Hall–Kier alpha value is -2.63. The number of benzene rings is 1. The first-order chi connectivity index (χ1) is 10.5. The number of esters is 1. The van der Waals surface area contributed by atoms with Gasteiger partial charge >= 0.3 is 5.97 Å². The molecule has 0 unspecified atom stereocenters. The number of amides is 1. The highest BCUT2D eigenvalue weighted by molar-refractivity contribution is 6.07. The van der Waals surface area contributed by atoms with Gasteiger partial charge in [-0.25, -0.2) is 4.79 Å². The molecule has 6 nitrogen and oxygen atoms in total. The lowest BCUT2D eigenvalue weighted by molar-refractivity contribution is 0.0602. The normalized spacial score (nSPS) is 9.50. The molecule has 1 N–H and O–H groups in total. The molecule has 0 spiro atoms. The van der Waals surface area contributed by atoms with Gasteiger partial charge in [0.05, 0.1) is 24.6 Å². The second-order valence-electron chi connectivity index (χ2n) is 4.29. The van der Waals surface area contributed by atoms with E-state index in [1.54, 1.807) is 44.4 Å². The Balaban J connectivity index is 0.00000116. The summed E-state index contributed by atoms with van der Waals surface area (Å²) in [5.41, 5.74) is 1.93. The van der Waals surface area contributed by atoms with E-state index in [1.165, 1.54) is 11.8 Å². The molecule has 2 rings (SSSR count). The summed E-state index contributed by atoms with van der Waals surface area (Å²) in [6.45, 7) is 5.80. The fraction of sp³-hybridized carbons (Fsp3) is 0.312. The van der Waals surface area contributed by atoms with Crippen LogP contribution in [0, 0.1) is 6.92 Å². The van der Waals surface area contributed by atoms with E-state index in [0.29, 0.717) is 16.9 Å². The van der Waals surface area contributed by atoms with Crippen LogP contribution in [0.25, 0.3) is 0 Å². The predicted molar refractivity (Wildman–Crippen MR) is 85.0 cm³/mol. The van der Waals surface area contributed by atoms with E-state index < -0.39 is 5.97 Å². The maximum atomic E-state index is 12.3. The van der Waals surface area contributed by atoms with E-state index in [4.69, 9.17) is 0 Å². The van der Waals surface area contributed by atoms with Crippen molar-refractivity contribution in [2.24, 2.45) is 7.05 Å². The Kier molecular flexibility index (Phi) is 6.31. The summed E-state index contributed by atoms with van der Waals surface area (Å²) in [4.78, 5) is 23.9. The highest BCUT2D eigenvalue weighted by Gasteiger charge is 2.17. The van der Waals surface area contributed by atoms with Crippen molar-refractivity contribution in [3.05, 3.63) is 47.3 Å². The van der Waals surface area contributed by atoms with Crippen LogP contribution in [0.3, 0.4) is 0 Å². The molecule has 0 atom stereocenters. The maximum Gasteiger partial charge on any atom is 0.339 e. The van der Waals surface area contributed by atoms with E-state index in [-0.39, 0.29) is 5.91 Å². The molecule has 1 aromatic heterocycles. The molecule has 1 aromatic carbocycles. The second kappa shape index (κ2) is 7.97. The molecular formula is C16H21N3O3. The first kappa shape index (κ1) is 17.4. The number of hydrogen-bond donors (Lipinski definition) is 1. The molecule has 6 heteroatoms. The molecular weight excluding hydrogens is 282 g/mol. The minimum atomic E-state index is -0.498. The topological polar surface area (TPSA) is 73.2 Å². The van der Waals surface area contributed by atoms with Crippen LogP contribution >= 0.6 is 0 Å². The number of carbonyl (C=O) groups is 2. The van der Waals surface area contributed by atoms with Gasteiger partial charge in [-0.1, -0.05) is 26.0 Å². The summed E-state index contributed by atoms with van der Waals surface area (Å²) < 4.78 is 6.18. The molecule has 0 aliphatic carbocycles. The van der Waals surface area contributed by atoms with Crippen LogP contribution in [0.2, 0.25) is 0 Å². The fourth-order valence-corrected chi connectivity index (χ4v) is 1.93. The van der Waals surface area contributed by atoms with E-state index in [1.807, 2.05) is 13.8 Å². The molecule has 0 aliphatic rings. The summed E-state index contributed by atoms with van der Waals surface area (Å²) in [5, 5.41) is 6.73. The van der Waals surface area contributed by atoms with Crippen molar-refractivity contribution >= 4 is 17.6 Å². The molecule has 118 valence electrons. The average Bonchev–Trinajstić information content (AvgIpc) is 2.88. The van der Waals surface area contributed by atoms with E-state index in [9.17, 15) is 9.59 Å². The summed E-state index contributed by atoms with van der Waals surface area (Å²) >= 11 is 0. The van der Waals surface area contributed by atoms with E-state index in [0.717, 1.165) is 5.56 Å². The zero-order valence-electron chi connectivity index (χ0n) is 13.5. The quantitative estimate of drug-likeness (QED) is 0.885. The monoisotopic (exact) mass is 303 g/mol. The number of rotatable bonds is 3. The van der Waals surface area contributed by atoms with Crippen molar-refractivity contribution in [3.63, 3.8) is 0 Å². The molecule has 1 heterocycles. The number of ether oxygens (including phenoxy) is 1. The number of aromatic nitrogens is 2. The molecule has 0 bridgehead atoms. The summed E-state index contributed by atoms with van der Waals surface area (Å²) in [5.74, 6) is -0.818. The van der Waals surface area contributed by atoms with Crippen molar-refractivity contribution < 1.29 is 14.3 Å². The molecule has 0 saturated carbocycles. The van der Waals surface area contributed by atoms with Crippen molar-refractivity contribution in [1.82, 2.24) is 9.78 Å². The van der Waals surface area contributed by atoms with Gasteiger partial charge in [-0.2, -0.15) is 5.10 Å². The fourth-order valence-electron chi connectivity index (χ4n) is 1.93. The standard InChI is InChI=1S/C14H15N3O3.C2H6/c1-9-8-15-17(2)12(9)13(18)16-11-7-5-4-6-10(11)14(19)20-3;1-2/h4-8H,1-3H3,(H,16,18);1-2H3. The Labute approximate surface area is 130 Å². The summed E-state index contributed by atoms with van der Waals surface area (Å²) in [6.07, 6.45) is 1.61. The Morgan fingerprint density at radius 3 is 2.41 bits per heavy atom. The van der Waals surface area contributed by atoms with Crippen LogP contribution in [-0.2, 0) is 11.8 Å². The zero-order valence-corrected chi connectivity index (χ0v) is 13.5. The second-order valence-corrected chi connectivity index (χ2v) is 4.29. The molecule has 0 radical (unpaired) electrons. The van der Waals surface area contributed by atoms with Crippen LogP contribution in [0.5, 0.6) is 0 Å². The number of hydrogen-bond acceptors (Lipinski definition) is 4. The van der Waals surface area contributed by atoms with Gasteiger partial charge in [0.2, 0.25) is 0 Å². The van der Waals surface area contributed by atoms with Crippen LogP contribution in [0.4, 0.5) is 5.69 Å². The summed E-state index contributed by atoms with van der Waals surface area (Å²) in [6, 6.07) is 6.68. The molecule has 0 saturated heterocycles. The number of methoxy groups -OCH3 is 1. The third-order valence-corrected chi connectivity index (χ3v) is 2.92. The number of carbonyl (C=O) groups excluding carboxylic acids is 2. The smallest absolute Gasteiger partial charge is 0.339 e. The molecule has 2 aromatic rings. The number of nitrogens with zero attached hydrogens (tertiary/aromatic N) is 2. The highest BCUT2D eigenvalue weighted by Crippen LogP contribution is 2.17. The largest absolute Gasteiger partial charge is 0.465 e. The number of aryl methyl sites for hydroxylation is 2. The van der Waals surface area contributed by atoms with E-state index >= 15 is 0 Å². The Bertz CT molecular complexity index is 643. The lowest BCUT2D eigenvalue weighted by Crippen LogP contribution is -2.19. The predicted octanol–water partition coefficient (Wildman–Crippen LogP) is 2.79. The lowest BCUT2D eigenvalue weighted by atomic mass is 10.1. The van der Waals surface area contributed by atoms with Gasteiger partial charge in [0, 0.05) is 7.05 Å². The van der Waals surface area contributed by atoms with Gasteiger partial charge in [0.1, 0.15) is 5.69 Å². The number of para-hydroxylation sites is 1. The number of anilines is 1. The van der Waals surface area contributed by atoms with Crippen LogP contribution < -0.4 is 5.32 Å². The highest BCUT2D eigenvalue weighted by atomic mass is 16.5. The number of nitrogens with one attached hydrogen (secondary N) is 1. The van der Waals surface area contributed by atoms with Gasteiger partial charge in [0.15, 0.2) is 0 Å². The van der Waals surface area contributed by atoms with Crippen molar-refractivity contribution in [2.45, 2.75) is 20.8 Å².